The van der Waals surface area contributed by atoms with E-state index in [2.05, 4.69) is 23.8 Å². The van der Waals surface area contributed by atoms with Crippen molar-refractivity contribution in [3.8, 4) is 0 Å². The van der Waals surface area contributed by atoms with E-state index in [1.807, 2.05) is 0 Å². The molecule has 0 aromatic rings. The number of likely N-dealkylation sites (N-methyl/N-ethyl adjacent to an activating group) is 1. The molecular formula is C13H24N2O. The molecule has 1 saturated carbocycles. The fourth-order valence-corrected chi connectivity index (χ4v) is 3.11. The Balaban J connectivity index is 1.91. The average Bonchev–Trinajstić information content (AvgIpc) is 2.73. The van der Waals surface area contributed by atoms with Crippen molar-refractivity contribution in [3.05, 3.63) is 0 Å². The van der Waals surface area contributed by atoms with Crippen LogP contribution < -0.4 is 0 Å². The van der Waals surface area contributed by atoms with Crippen LogP contribution in [0.5, 0.6) is 0 Å². The summed E-state index contributed by atoms with van der Waals surface area (Å²) in [6, 6.07) is 0.624. The third-order valence-electron chi connectivity index (χ3n) is 4.43. The van der Waals surface area contributed by atoms with Crippen LogP contribution >= 0.6 is 0 Å². The zero-order chi connectivity index (χ0) is 11.6. The highest BCUT2D eigenvalue weighted by atomic mass is 16.1. The summed E-state index contributed by atoms with van der Waals surface area (Å²) in [5.41, 5.74) is -0.00433. The van der Waals surface area contributed by atoms with Gasteiger partial charge in [0.25, 0.3) is 0 Å². The molecule has 1 saturated heterocycles. The van der Waals surface area contributed by atoms with Crippen molar-refractivity contribution in [3.63, 3.8) is 0 Å². The van der Waals surface area contributed by atoms with Crippen molar-refractivity contribution < 1.29 is 4.79 Å². The molecule has 2 rings (SSSR count). The lowest BCUT2D eigenvalue weighted by Gasteiger charge is -2.40. The van der Waals surface area contributed by atoms with E-state index in [-0.39, 0.29) is 5.41 Å². The van der Waals surface area contributed by atoms with Gasteiger partial charge in [-0.3, -0.25) is 4.90 Å². The second-order valence-corrected chi connectivity index (χ2v) is 5.75. The molecule has 2 aliphatic rings. The first-order valence-electron chi connectivity index (χ1n) is 6.54. The molecule has 3 nitrogen and oxygen atoms in total. The second kappa shape index (κ2) is 4.84. The van der Waals surface area contributed by atoms with Crippen molar-refractivity contribution in [1.29, 1.82) is 0 Å². The van der Waals surface area contributed by atoms with E-state index in [1.54, 1.807) is 0 Å². The Morgan fingerprint density at radius 1 is 1.31 bits per heavy atom. The first-order valence-corrected chi connectivity index (χ1v) is 6.54. The van der Waals surface area contributed by atoms with E-state index in [9.17, 15) is 4.79 Å². The number of nitrogens with zero attached hydrogens (tertiary/aromatic N) is 2. The third kappa shape index (κ3) is 2.46. The minimum absolute atomic E-state index is 0.00433. The van der Waals surface area contributed by atoms with E-state index in [4.69, 9.17) is 0 Å². The van der Waals surface area contributed by atoms with Crippen molar-refractivity contribution in [2.24, 2.45) is 5.41 Å². The number of aldehydes is 1. The first-order chi connectivity index (χ1) is 7.65. The maximum Gasteiger partial charge on any atom is 0.127 e. The Bertz CT molecular complexity index is 248. The first kappa shape index (κ1) is 12.1. The minimum Gasteiger partial charge on any atom is -0.303 e. The van der Waals surface area contributed by atoms with Gasteiger partial charge in [0.15, 0.2) is 0 Å². The van der Waals surface area contributed by atoms with Gasteiger partial charge in [0.2, 0.25) is 0 Å². The monoisotopic (exact) mass is 224 g/mol. The molecule has 0 spiro atoms. The third-order valence-corrected chi connectivity index (χ3v) is 4.43. The summed E-state index contributed by atoms with van der Waals surface area (Å²) in [5.74, 6) is 0. The molecule has 1 heterocycles. The van der Waals surface area contributed by atoms with E-state index in [1.165, 1.54) is 19.1 Å². The molecule has 0 aromatic carbocycles. The van der Waals surface area contributed by atoms with Crippen LogP contribution in [-0.2, 0) is 4.79 Å². The topological polar surface area (TPSA) is 23.6 Å². The smallest absolute Gasteiger partial charge is 0.127 e. The summed E-state index contributed by atoms with van der Waals surface area (Å²) in [6.45, 7) is 6.64. The van der Waals surface area contributed by atoms with Crippen molar-refractivity contribution in [2.45, 2.75) is 38.6 Å². The van der Waals surface area contributed by atoms with Crippen molar-refractivity contribution in [2.75, 3.05) is 33.2 Å². The van der Waals surface area contributed by atoms with Gasteiger partial charge in [0.1, 0.15) is 6.29 Å². The summed E-state index contributed by atoms with van der Waals surface area (Å²) in [7, 11) is 2.19. The zero-order valence-corrected chi connectivity index (χ0v) is 10.6. The van der Waals surface area contributed by atoms with Gasteiger partial charge in [-0.05, 0) is 26.8 Å². The van der Waals surface area contributed by atoms with Gasteiger partial charge < -0.3 is 9.69 Å². The molecule has 0 aromatic heterocycles. The summed E-state index contributed by atoms with van der Waals surface area (Å²) in [4.78, 5) is 16.2. The van der Waals surface area contributed by atoms with Crippen LogP contribution in [0.15, 0.2) is 0 Å². The van der Waals surface area contributed by atoms with Gasteiger partial charge >= 0.3 is 0 Å². The minimum atomic E-state index is -0.00433. The summed E-state index contributed by atoms with van der Waals surface area (Å²) < 4.78 is 0. The number of rotatable bonds is 3. The highest BCUT2D eigenvalue weighted by molar-refractivity contribution is 5.60. The van der Waals surface area contributed by atoms with Crippen LogP contribution in [0.4, 0.5) is 0 Å². The average molecular weight is 224 g/mol. The second-order valence-electron chi connectivity index (χ2n) is 5.75. The molecule has 0 amide bonds. The lowest BCUT2D eigenvalue weighted by molar-refractivity contribution is -0.117. The number of hydrogen-bond donors (Lipinski definition) is 0. The molecule has 1 atom stereocenters. The standard InChI is InChI=1S/C13H24N2O/c1-12-9-15(8-7-14(12)2)10-13(11-16)5-3-4-6-13/h11-12H,3-10H2,1-2H3. The van der Waals surface area contributed by atoms with Gasteiger partial charge in [-0.2, -0.15) is 0 Å². The summed E-state index contributed by atoms with van der Waals surface area (Å²) in [5, 5.41) is 0. The molecule has 92 valence electrons. The van der Waals surface area contributed by atoms with Gasteiger partial charge in [0.05, 0.1) is 0 Å². The maximum atomic E-state index is 11.3. The van der Waals surface area contributed by atoms with E-state index in [0.717, 1.165) is 39.0 Å². The molecular weight excluding hydrogens is 200 g/mol. The predicted molar refractivity (Wildman–Crippen MR) is 65.5 cm³/mol. The summed E-state index contributed by atoms with van der Waals surface area (Å²) in [6.07, 6.45) is 5.93. The molecule has 1 unspecified atom stereocenters. The van der Waals surface area contributed by atoms with Crippen molar-refractivity contribution >= 4 is 6.29 Å². The number of carbonyl (C=O) groups excluding carboxylic acids is 1. The van der Waals surface area contributed by atoms with Gasteiger partial charge in [-0.1, -0.05) is 12.8 Å². The molecule has 0 radical (unpaired) electrons. The lowest BCUT2D eigenvalue weighted by Crippen LogP contribution is -2.52. The van der Waals surface area contributed by atoms with Crippen molar-refractivity contribution in [1.82, 2.24) is 9.80 Å². The van der Waals surface area contributed by atoms with Gasteiger partial charge in [0, 0.05) is 37.6 Å². The summed E-state index contributed by atoms with van der Waals surface area (Å²) >= 11 is 0. The van der Waals surface area contributed by atoms with Crippen LogP contribution in [-0.4, -0.2) is 55.4 Å². The molecule has 16 heavy (non-hydrogen) atoms. The highest BCUT2D eigenvalue weighted by Crippen LogP contribution is 2.37. The predicted octanol–water partition coefficient (Wildman–Crippen LogP) is 1.38. The van der Waals surface area contributed by atoms with E-state index >= 15 is 0 Å². The number of hydrogen-bond acceptors (Lipinski definition) is 3. The Hall–Kier alpha value is -0.410. The van der Waals surface area contributed by atoms with Crippen LogP contribution in [0.3, 0.4) is 0 Å². The van der Waals surface area contributed by atoms with E-state index in [0.29, 0.717) is 6.04 Å². The zero-order valence-electron chi connectivity index (χ0n) is 10.6. The van der Waals surface area contributed by atoms with E-state index < -0.39 is 0 Å². The molecule has 0 bridgehead atoms. The van der Waals surface area contributed by atoms with Gasteiger partial charge in [-0.15, -0.1) is 0 Å². The van der Waals surface area contributed by atoms with Gasteiger partial charge in [-0.25, -0.2) is 0 Å². The lowest BCUT2D eigenvalue weighted by atomic mass is 9.87. The SMILES string of the molecule is CC1CN(CC2(C=O)CCCC2)CCN1C. The molecule has 2 fully saturated rings. The Labute approximate surface area is 98.8 Å². The normalized spacial score (nSPS) is 31.8. The van der Waals surface area contributed by atoms with Crippen LogP contribution in [0, 0.1) is 5.41 Å². The number of carbonyl (C=O) groups is 1. The fourth-order valence-electron chi connectivity index (χ4n) is 3.11. The van der Waals surface area contributed by atoms with Crippen LogP contribution in [0.25, 0.3) is 0 Å². The largest absolute Gasteiger partial charge is 0.303 e. The maximum absolute atomic E-state index is 11.3. The van der Waals surface area contributed by atoms with Crippen LogP contribution in [0.2, 0.25) is 0 Å². The Morgan fingerprint density at radius 3 is 2.56 bits per heavy atom. The molecule has 1 aliphatic heterocycles. The quantitative estimate of drug-likeness (QED) is 0.677. The molecule has 1 aliphatic carbocycles. The fraction of sp³-hybridized carbons (Fsp3) is 0.923. The number of piperazine rings is 1. The highest BCUT2D eigenvalue weighted by Gasteiger charge is 2.36. The van der Waals surface area contributed by atoms with Crippen LogP contribution in [0.1, 0.15) is 32.6 Å². The molecule has 3 heteroatoms. The molecule has 0 N–H and O–H groups in total. The Kier molecular flexibility index (Phi) is 3.65. The Morgan fingerprint density at radius 2 is 2.00 bits per heavy atom.